The largest absolute Gasteiger partial charge is 0.389 e. The highest BCUT2D eigenvalue weighted by molar-refractivity contribution is 9.10. The molecule has 26 heavy (non-hydrogen) atoms. The monoisotopic (exact) mass is 423 g/mol. The number of ether oxygens (including phenoxy) is 2. The molecule has 0 radical (unpaired) electrons. The quantitative estimate of drug-likeness (QED) is 0.784. The molecule has 8 heteroatoms. The molecule has 4 heterocycles. The first-order chi connectivity index (χ1) is 12.6. The molecule has 2 aromatic rings. The van der Waals surface area contributed by atoms with Gasteiger partial charge in [0, 0.05) is 30.9 Å². The molecule has 2 aliphatic heterocycles. The Balaban J connectivity index is 1.79. The first-order valence-electron chi connectivity index (χ1n) is 8.86. The molecule has 2 aromatic heterocycles. The Labute approximate surface area is 159 Å². The highest BCUT2D eigenvalue weighted by Crippen LogP contribution is 2.29. The molecule has 2 N–H and O–H groups in total. The lowest BCUT2D eigenvalue weighted by atomic mass is 10.1. The minimum absolute atomic E-state index is 0.0193. The van der Waals surface area contributed by atoms with Gasteiger partial charge in [0.15, 0.2) is 0 Å². The van der Waals surface area contributed by atoms with Crippen LogP contribution < -0.4 is 10.9 Å². The Hall–Kier alpha value is -1.48. The van der Waals surface area contributed by atoms with E-state index in [4.69, 9.17) is 9.47 Å². The van der Waals surface area contributed by atoms with Gasteiger partial charge in [-0.25, -0.2) is 4.98 Å². The minimum atomic E-state index is -0.571. The van der Waals surface area contributed by atoms with Crippen molar-refractivity contribution in [3.63, 3.8) is 0 Å². The number of hydrogen-bond donors (Lipinski definition) is 2. The summed E-state index contributed by atoms with van der Waals surface area (Å²) in [5.41, 5.74) is 1.67. The number of fused-ring (bicyclic) bond motifs is 1. The van der Waals surface area contributed by atoms with Crippen LogP contribution in [0.15, 0.2) is 21.5 Å². The first kappa shape index (κ1) is 17.9. The standard InChI is InChI=1S/C18H22BrN3O4/c1-10-12-7-20-16(21-13-3-5-26-9-15(13)23)6-14(12)22(18(24)17(10)19)11-2-4-25-8-11/h6-7,11,13,15,23H,2-5,8-9H2,1H3,(H,20,21)/t11-,13+,15+/m0/s1. The zero-order chi connectivity index (χ0) is 18.3. The van der Waals surface area contributed by atoms with Crippen LogP contribution in [-0.2, 0) is 9.47 Å². The molecular formula is C18H22BrN3O4. The Morgan fingerprint density at radius 3 is 2.81 bits per heavy atom. The van der Waals surface area contributed by atoms with E-state index >= 15 is 0 Å². The van der Waals surface area contributed by atoms with Gasteiger partial charge in [0.25, 0.3) is 5.56 Å². The Kier molecular flexibility index (Phi) is 5.00. The van der Waals surface area contributed by atoms with Gasteiger partial charge in [-0.05, 0) is 41.3 Å². The highest BCUT2D eigenvalue weighted by atomic mass is 79.9. The van der Waals surface area contributed by atoms with Crippen LogP contribution in [0, 0.1) is 6.92 Å². The molecule has 0 spiro atoms. The Bertz CT molecular complexity index is 879. The summed E-state index contributed by atoms with van der Waals surface area (Å²) in [7, 11) is 0. The summed E-state index contributed by atoms with van der Waals surface area (Å²) in [6.45, 7) is 4.04. The number of aromatic nitrogens is 2. The van der Waals surface area contributed by atoms with E-state index in [9.17, 15) is 9.90 Å². The normalized spacial score (nSPS) is 26.3. The van der Waals surface area contributed by atoms with E-state index in [0.717, 1.165) is 22.9 Å². The van der Waals surface area contributed by atoms with Crippen LogP contribution in [0.2, 0.25) is 0 Å². The fraction of sp³-hybridized carbons (Fsp3) is 0.556. The summed E-state index contributed by atoms with van der Waals surface area (Å²) in [6, 6.07) is 1.81. The van der Waals surface area contributed by atoms with E-state index in [1.807, 2.05) is 17.6 Å². The van der Waals surface area contributed by atoms with Gasteiger partial charge in [-0.3, -0.25) is 4.79 Å². The molecule has 0 saturated carbocycles. The van der Waals surface area contributed by atoms with Crippen LogP contribution in [0.25, 0.3) is 10.9 Å². The number of halogens is 1. The second kappa shape index (κ2) is 7.26. The number of aliphatic hydroxyl groups is 1. The fourth-order valence-corrected chi connectivity index (χ4v) is 4.08. The lowest BCUT2D eigenvalue weighted by Gasteiger charge is -2.29. The molecule has 0 bridgehead atoms. The van der Waals surface area contributed by atoms with Crippen LogP contribution in [0.4, 0.5) is 5.82 Å². The van der Waals surface area contributed by atoms with Gasteiger partial charge in [-0.1, -0.05) is 0 Å². The average Bonchev–Trinajstić information content (AvgIpc) is 3.16. The maximum Gasteiger partial charge on any atom is 0.265 e. The second-order valence-electron chi connectivity index (χ2n) is 6.90. The first-order valence-corrected chi connectivity index (χ1v) is 9.66. The van der Waals surface area contributed by atoms with Crippen LogP contribution in [0.3, 0.4) is 0 Å². The van der Waals surface area contributed by atoms with Gasteiger partial charge < -0.3 is 24.5 Å². The summed E-state index contributed by atoms with van der Waals surface area (Å²) < 4.78 is 13.2. The molecule has 2 fully saturated rings. The van der Waals surface area contributed by atoms with Crippen molar-refractivity contribution in [2.45, 2.75) is 38.0 Å². The van der Waals surface area contributed by atoms with Crippen molar-refractivity contribution < 1.29 is 14.6 Å². The second-order valence-corrected chi connectivity index (χ2v) is 7.69. The number of nitrogens with zero attached hydrogens (tertiary/aromatic N) is 2. The third-order valence-corrected chi connectivity index (χ3v) is 6.15. The van der Waals surface area contributed by atoms with Crippen molar-refractivity contribution >= 4 is 32.7 Å². The van der Waals surface area contributed by atoms with E-state index in [2.05, 4.69) is 26.2 Å². The topological polar surface area (TPSA) is 85.6 Å². The Morgan fingerprint density at radius 2 is 2.08 bits per heavy atom. The number of hydrogen-bond acceptors (Lipinski definition) is 6. The summed E-state index contributed by atoms with van der Waals surface area (Å²) in [4.78, 5) is 17.4. The number of anilines is 1. The van der Waals surface area contributed by atoms with Gasteiger partial charge in [-0.2, -0.15) is 0 Å². The molecule has 0 unspecified atom stereocenters. The maximum absolute atomic E-state index is 12.9. The summed E-state index contributed by atoms with van der Waals surface area (Å²) in [6.07, 6.45) is 2.74. The minimum Gasteiger partial charge on any atom is -0.389 e. The van der Waals surface area contributed by atoms with Crippen molar-refractivity contribution in [2.24, 2.45) is 0 Å². The van der Waals surface area contributed by atoms with Crippen molar-refractivity contribution in [1.29, 1.82) is 0 Å². The van der Waals surface area contributed by atoms with Gasteiger partial charge in [0.2, 0.25) is 0 Å². The average molecular weight is 424 g/mol. The molecule has 0 aromatic carbocycles. The molecule has 3 atom stereocenters. The third kappa shape index (κ3) is 3.15. The van der Waals surface area contributed by atoms with E-state index in [1.165, 1.54) is 0 Å². The van der Waals surface area contributed by atoms with Gasteiger partial charge in [0.1, 0.15) is 5.82 Å². The maximum atomic E-state index is 12.9. The SMILES string of the molecule is Cc1c(Br)c(=O)n([C@H]2CCOC2)c2cc(N[C@@H]3CCOC[C@H]3O)ncc12. The van der Waals surface area contributed by atoms with Crippen LogP contribution >= 0.6 is 15.9 Å². The zero-order valence-electron chi connectivity index (χ0n) is 14.6. The van der Waals surface area contributed by atoms with E-state index in [1.54, 1.807) is 6.20 Å². The lowest BCUT2D eigenvalue weighted by molar-refractivity contribution is -0.0135. The lowest BCUT2D eigenvalue weighted by Crippen LogP contribution is -2.42. The van der Waals surface area contributed by atoms with Crippen LogP contribution in [0.5, 0.6) is 0 Å². The summed E-state index contributed by atoms with van der Waals surface area (Å²) >= 11 is 3.44. The van der Waals surface area contributed by atoms with Crippen molar-refractivity contribution in [2.75, 3.05) is 31.7 Å². The van der Waals surface area contributed by atoms with Crippen molar-refractivity contribution in [3.05, 3.63) is 32.7 Å². The summed E-state index contributed by atoms with van der Waals surface area (Å²) in [5, 5.41) is 14.3. The molecular weight excluding hydrogens is 402 g/mol. The molecule has 0 aliphatic carbocycles. The molecule has 140 valence electrons. The van der Waals surface area contributed by atoms with Crippen LogP contribution in [0.1, 0.15) is 24.4 Å². The molecule has 2 saturated heterocycles. The molecule has 7 nitrogen and oxygen atoms in total. The Morgan fingerprint density at radius 1 is 1.31 bits per heavy atom. The molecule has 0 amide bonds. The van der Waals surface area contributed by atoms with Crippen LogP contribution in [-0.4, -0.2) is 53.2 Å². The van der Waals surface area contributed by atoms with Crippen molar-refractivity contribution in [3.8, 4) is 0 Å². The number of rotatable bonds is 3. The zero-order valence-corrected chi connectivity index (χ0v) is 16.2. The molecule has 2 aliphatic rings. The van der Waals surface area contributed by atoms with E-state index in [-0.39, 0.29) is 17.6 Å². The predicted octanol–water partition coefficient (Wildman–Crippen LogP) is 1.99. The number of nitrogens with one attached hydrogen (secondary N) is 1. The number of aryl methyl sites for hydroxylation is 1. The number of aliphatic hydroxyl groups excluding tert-OH is 1. The van der Waals surface area contributed by atoms with Gasteiger partial charge in [0.05, 0.1) is 41.4 Å². The highest BCUT2D eigenvalue weighted by Gasteiger charge is 2.26. The molecule has 4 rings (SSSR count). The van der Waals surface area contributed by atoms with Crippen molar-refractivity contribution in [1.82, 2.24) is 9.55 Å². The van der Waals surface area contributed by atoms with E-state index < -0.39 is 6.10 Å². The fourth-order valence-electron chi connectivity index (χ4n) is 3.68. The van der Waals surface area contributed by atoms with E-state index in [0.29, 0.717) is 43.1 Å². The predicted molar refractivity (Wildman–Crippen MR) is 102 cm³/mol. The number of pyridine rings is 2. The van der Waals surface area contributed by atoms with Gasteiger partial charge >= 0.3 is 0 Å². The summed E-state index contributed by atoms with van der Waals surface area (Å²) in [5.74, 6) is 0.650. The smallest absolute Gasteiger partial charge is 0.265 e. The van der Waals surface area contributed by atoms with Gasteiger partial charge in [-0.15, -0.1) is 0 Å². The third-order valence-electron chi connectivity index (χ3n) is 5.21.